The molecular formula is C6H12O8. The minimum Gasteiger partial charge on any atom is -0.394 e. The number of carbonyl (C=O) groups excluding carboxylic acids is 1. The van der Waals surface area contributed by atoms with Crippen LogP contribution in [-0.2, 0) is 9.68 Å². The van der Waals surface area contributed by atoms with Crippen molar-refractivity contribution in [3.8, 4) is 0 Å². The predicted octanol–water partition coefficient (Wildman–Crippen LogP) is -3.56. The topological polar surface area (TPSA) is 148 Å². The fraction of sp³-hybridized carbons (Fsp3) is 0.833. The second-order valence-corrected chi connectivity index (χ2v) is 2.54. The lowest BCUT2D eigenvalue weighted by atomic mass is 10.1. The van der Waals surface area contributed by atoms with Gasteiger partial charge in [-0.3, -0.25) is 4.79 Å². The normalized spacial score (nSPS) is 19.9. The number of aliphatic hydroxyl groups is 5. The Labute approximate surface area is 78.5 Å². The number of ketones is 1. The van der Waals surface area contributed by atoms with E-state index in [1.165, 1.54) is 0 Å². The largest absolute Gasteiger partial charge is 0.394 e. The maximum atomic E-state index is 10.9. The fourth-order valence-electron chi connectivity index (χ4n) is 0.663. The van der Waals surface area contributed by atoms with Crippen LogP contribution >= 0.6 is 0 Å². The van der Waals surface area contributed by atoms with E-state index in [1.54, 1.807) is 0 Å². The Morgan fingerprint density at radius 1 is 1.14 bits per heavy atom. The van der Waals surface area contributed by atoms with Gasteiger partial charge in [-0.2, -0.15) is 0 Å². The monoisotopic (exact) mass is 212 g/mol. The molecule has 0 bridgehead atoms. The van der Waals surface area contributed by atoms with Crippen LogP contribution in [0, 0.1) is 0 Å². The molecule has 0 aromatic heterocycles. The fourth-order valence-corrected chi connectivity index (χ4v) is 0.663. The number of carbonyl (C=O) groups is 1. The maximum absolute atomic E-state index is 10.9. The summed E-state index contributed by atoms with van der Waals surface area (Å²) >= 11 is 0. The van der Waals surface area contributed by atoms with Crippen molar-refractivity contribution < 1.29 is 40.5 Å². The van der Waals surface area contributed by atoms with Crippen molar-refractivity contribution in [3.63, 3.8) is 0 Å². The zero-order valence-electron chi connectivity index (χ0n) is 7.02. The van der Waals surface area contributed by atoms with Crippen LogP contribution in [0.3, 0.4) is 0 Å². The molecule has 8 nitrogen and oxygen atoms in total. The lowest BCUT2D eigenvalue weighted by Gasteiger charge is -2.19. The van der Waals surface area contributed by atoms with E-state index in [1.807, 2.05) is 0 Å². The van der Waals surface area contributed by atoms with Crippen molar-refractivity contribution >= 4 is 5.78 Å². The summed E-state index contributed by atoms with van der Waals surface area (Å²) < 4.78 is 0. The molecule has 0 aliphatic heterocycles. The van der Waals surface area contributed by atoms with Crippen molar-refractivity contribution in [3.05, 3.63) is 0 Å². The van der Waals surface area contributed by atoms with Gasteiger partial charge in [-0.05, 0) is 0 Å². The smallest absolute Gasteiger partial charge is 0.222 e. The summed E-state index contributed by atoms with van der Waals surface area (Å²) in [5.41, 5.74) is 0. The highest BCUT2D eigenvalue weighted by Crippen LogP contribution is 2.03. The number of rotatable bonds is 6. The zero-order chi connectivity index (χ0) is 11.3. The average Bonchev–Trinajstić information content (AvgIpc) is 2.23. The van der Waals surface area contributed by atoms with E-state index in [0.717, 1.165) is 0 Å². The molecule has 4 atom stereocenters. The van der Waals surface area contributed by atoms with E-state index in [2.05, 4.69) is 4.89 Å². The van der Waals surface area contributed by atoms with Gasteiger partial charge in [0.25, 0.3) is 0 Å². The highest BCUT2D eigenvalue weighted by atomic mass is 17.1. The van der Waals surface area contributed by atoms with Gasteiger partial charge in [0, 0.05) is 0 Å². The Morgan fingerprint density at radius 2 is 1.64 bits per heavy atom. The zero-order valence-corrected chi connectivity index (χ0v) is 7.02. The van der Waals surface area contributed by atoms with Gasteiger partial charge in [0.2, 0.25) is 6.29 Å². The summed E-state index contributed by atoms with van der Waals surface area (Å²) in [6, 6.07) is 0. The summed E-state index contributed by atoms with van der Waals surface area (Å²) in [7, 11) is 0. The molecule has 0 saturated heterocycles. The van der Waals surface area contributed by atoms with E-state index in [0.29, 0.717) is 0 Å². The summed E-state index contributed by atoms with van der Waals surface area (Å²) in [4.78, 5) is 14.1. The van der Waals surface area contributed by atoms with Gasteiger partial charge < -0.3 is 25.5 Å². The third-order valence-corrected chi connectivity index (χ3v) is 1.51. The van der Waals surface area contributed by atoms with Gasteiger partial charge in [-0.25, -0.2) is 10.1 Å². The van der Waals surface area contributed by atoms with E-state index < -0.39 is 37.0 Å². The summed E-state index contributed by atoms with van der Waals surface area (Å²) in [5.74, 6) is -1.38. The summed E-state index contributed by atoms with van der Waals surface area (Å²) in [6.45, 7) is -0.893. The van der Waals surface area contributed by atoms with Gasteiger partial charge in [0.15, 0.2) is 11.9 Å². The van der Waals surface area contributed by atoms with Crippen LogP contribution in [0.4, 0.5) is 0 Å². The molecule has 0 radical (unpaired) electrons. The number of Topliss-reactive ketones (excluding diaryl/α,β-unsaturated/α-hetero) is 1. The standard InChI is InChI=1S/C6H12O8/c7-1-2(8)3(9)4(10)5(11)6(12)14-13/h2-3,5-9,11-13H,1H2. The summed E-state index contributed by atoms with van der Waals surface area (Å²) in [6.07, 6.45) is -8.28. The molecule has 0 aromatic carbocycles. The maximum Gasteiger partial charge on any atom is 0.222 e. The second kappa shape index (κ2) is 5.98. The molecule has 0 spiro atoms. The van der Waals surface area contributed by atoms with E-state index in [4.69, 9.17) is 30.8 Å². The van der Waals surface area contributed by atoms with Gasteiger partial charge >= 0.3 is 0 Å². The van der Waals surface area contributed by atoms with Crippen LogP contribution < -0.4 is 0 Å². The lowest BCUT2D eigenvalue weighted by Crippen LogP contribution is -2.47. The first kappa shape index (κ1) is 13.4. The minimum atomic E-state index is -2.22. The molecule has 0 aromatic rings. The van der Waals surface area contributed by atoms with Gasteiger partial charge in [-0.15, -0.1) is 0 Å². The highest BCUT2D eigenvalue weighted by Gasteiger charge is 2.34. The molecule has 84 valence electrons. The molecule has 14 heavy (non-hydrogen) atoms. The molecule has 0 amide bonds. The van der Waals surface area contributed by atoms with Gasteiger partial charge in [0.05, 0.1) is 6.61 Å². The first-order chi connectivity index (χ1) is 6.45. The molecule has 4 unspecified atom stereocenters. The molecule has 0 saturated carbocycles. The number of aliphatic hydroxyl groups excluding tert-OH is 5. The van der Waals surface area contributed by atoms with Crippen LogP contribution in [0.2, 0.25) is 0 Å². The molecule has 8 heteroatoms. The molecule has 0 aliphatic rings. The van der Waals surface area contributed by atoms with Crippen LogP contribution in [0.15, 0.2) is 0 Å². The van der Waals surface area contributed by atoms with Crippen molar-refractivity contribution in [2.24, 2.45) is 0 Å². The highest BCUT2D eigenvalue weighted by molar-refractivity contribution is 5.87. The van der Waals surface area contributed by atoms with Crippen LogP contribution in [0.5, 0.6) is 0 Å². The lowest BCUT2D eigenvalue weighted by molar-refractivity contribution is -0.350. The summed E-state index contributed by atoms with van der Waals surface area (Å²) in [5, 5.41) is 51.4. The molecule has 0 aliphatic carbocycles. The van der Waals surface area contributed by atoms with Crippen LogP contribution in [0.25, 0.3) is 0 Å². The first-order valence-corrected chi connectivity index (χ1v) is 3.62. The average molecular weight is 212 g/mol. The molecule has 0 rings (SSSR count). The van der Waals surface area contributed by atoms with Gasteiger partial charge in [-0.1, -0.05) is 0 Å². The second-order valence-electron chi connectivity index (χ2n) is 2.54. The molecule has 0 fully saturated rings. The Bertz CT molecular complexity index is 165. The molecule has 6 N–H and O–H groups in total. The first-order valence-electron chi connectivity index (χ1n) is 3.62. The van der Waals surface area contributed by atoms with Gasteiger partial charge in [0.1, 0.15) is 12.2 Å². The quantitative estimate of drug-likeness (QED) is 0.150. The third kappa shape index (κ3) is 3.27. The SMILES string of the molecule is O=C(C(O)C(O)CO)C(O)C(O)OO. The Balaban J connectivity index is 4.31. The van der Waals surface area contributed by atoms with E-state index in [-0.39, 0.29) is 0 Å². The third-order valence-electron chi connectivity index (χ3n) is 1.51. The van der Waals surface area contributed by atoms with Crippen molar-refractivity contribution in [1.82, 2.24) is 0 Å². The minimum absolute atomic E-state index is 0.893. The van der Waals surface area contributed by atoms with Crippen molar-refractivity contribution in [2.75, 3.05) is 6.61 Å². The number of hydrogen-bond acceptors (Lipinski definition) is 8. The molecule has 0 heterocycles. The predicted molar refractivity (Wildman–Crippen MR) is 39.8 cm³/mol. The van der Waals surface area contributed by atoms with Crippen molar-refractivity contribution in [2.45, 2.75) is 24.6 Å². The Morgan fingerprint density at radius 3 is 2.00 bits per heavy atom. The van der Waals surface area contributed by atoms with E-state index in [9.17, 15) is 4.79 Å². The van der Waals surface area contributed by atoms with Crippen LogP contribution in [0.1, 0.15) is 0 Å². The van der Waals surface area contributed by atoms with Crippen LogP contribution in [-0.4, -0.2) is 67.8 Å². The Hall–Kier alpha value is -0.610. The molecular weight excluding hydrogens is 200 g/mol. The van der Waals surface area contributed by atoms with E-state index >= 15 is 0 Å². The van der Waals surface area contributed by atoms with Crippen molar-refractivity contribution in [1.29, 1.82) is 0 Å². The Kier molecular flexibility index (Phi) is 5.72. The number of hydrogen-bond donors (Lipinski definition) is 6.